The molecule has 1 atom stereocenters. The monoisotopic (exact) mass is 318 g/mol. The normalized spacial score (nSPS) is 12.3. The van der Waals surface area contributed by atoms with Crippen molar-refractivity contribution in [3.63, 3.8) is 0 Å². The molecule has 0 spiro atoms. The number of unbranched alkanes of at least 4 members (excludes halogenated alkanes) is 9. The summed E-state index contributed by atoms with van der Waals surface area (Å²) in [5.74, 6) is -0.351. The van der Waals surface area contributed by atoms with Crippen molar-refractivity contribution in [1.29, 1.82) is 0 Å². The summed E-state index contributed by atoms with van der Waals surface area (Å²) in [7, 11) is 0. The molecule has 0 aromatic carbocycles. The highest BCUT2D eigenvalue weighted by Gasteiger charge is 2.16. The van der Waals surface area contributed by atoms with Gasteiger partial charge >= 0.3 is 5.97 Å². The van der Waals surface area contributed by atoms with Crippen LogP contribution in [0.4, 0.5) is 0 Å². The van der Waals surface area contributed by atoms with Crippen LogP contribution in [0.2, 0.25) is 0 Å². The van der Waals surface area contributed by atoms with Gasteiger partial charge in [-0.3, -0.25) is 4.79 Å². The number of hydrogen-bond acceptors (Lipinski definition) is 3. The number of carboxylic acid groups (broad SMARTS) is 1. The van der Waals surface area contributed by atoms with Gasteiger partial charge in [-0.1, -0.05) is 76.9 Å². The van der Waals surface area contributed by atoms with Crippen LogP contribution in [0.3, 0.4) is 0 Å². The van der Waals surface area contributed by atoms with Crippen LogP contribution in [0.5, 0.6) is 0 Å². The summed E-state index contributed by atoms with van der Waals surface area (Å²) in [5, 5.41) is 8.83. The molecule has 0 rings (SSSR count). The molecule has 0 aromatic heterocycles. The largest absolute Gasteiger partial charge is 0.481 e. The van der Waals surface area contributed by atoms with Crippen LogP contribution in [-0.2, 0) is 4.79 Å². The lowest BCUT2D eigenvalue weighted by atomic mass is 10.1. The minimum absolute atomic E-state index is 0.502. The number of hydrogen-bond donors (Lipinski definition) is 1. The number of carboxylic acids is 1. The van der Waals surface area contributed by atoms with Gasteiger partial charge in [0.1, 0.15) is 0 Å². The number of thiocarbonyl (C=S) groups is 1. The van der Waals surface area contributed by atoms with Crippen LogP contribution in [0, 0.1) is 5.92 Å². The van der Waals surface area contributed by atoms with Crippen molar-refractivity contribution >= 4 is 34.1 Å². The van der Waals surface area contributed by atoms with Crippen molar-refractivity contribution in [3.05, 3.63) is 0 Å². The molecular formula is C16H30O2S2. The molecular weight excluding hydrogens is 288 g/mol. The topological polar surface area (TPSA) is 37.3 Å². The maximum absolute atomic E-state index is 10.7. The van der Waals surface area contributed by atoms with Crippen LogP contribution in [0.25, 0.3) is 0 Å². The van der Waals surface area contributed by atoms with E-state index in [1.807, 2.05) is 0 Å². The van der Waals surface area contributed by atoms with E-state index in [1.54, 1.807) is 18.7 Å². The Hall–Kier alpha value is -0.0900. The van der Waals surface area contributed by atoms with E-state index in [-0.39, 0.29) is 0 Å². The number of thioether (sulfide) groups is 1. The van der Waals surface area contributed by atoms with Crippen LogP contribution in [-0.4, -0.2) is 21.0 Å². The fraction of sp³-hybridized carbons (Fsp3) is 0.875. The van der Waals surface area contributed by atoms with Crippen molar-refractivity contribution in [1.82, 2.24) is 0 Å². The Labute approximate surface area is 134 Å². The van der Waals surface area contributed by atoms with Gasteiger partial charge in [0.2, 0.25) is 0 Å². The van der Waals surface area contributed by atoms with Gasteiger partial charge < -0.3 is 5.11 Å². The Morgan fingerprint density at radius 3 is 1.90 bits per heavy atom. The molecule has 118 valence electrons. The quantitative estimate of drug-likeness (QED) is 0.350. The van der Waals surface area contributed by atoms with Crippen LogP contribution < -0.4 is 0 Å². The second kappa shape index (κ2) is 13.9. The summed E-state index contributed by atoms with van der Waals surface area (Å²) in [6.07, 6.45) is 13.3. The first kappa shape index (κ1) is 19.9. The van der Waals surface area contributed by atoms with Gasteiger partial charge in [-0.25, -0.2) is 0 Å². The fourth-order valence-corrected chi connectivity index (χ4v) is 3.24. The van der Waals surface area contributed by atoms with Crippen molar-refractivity contribution in [2.75, 3.05) is 5.75 Å². The Balaban J connectivity index is 3.24. The molecule has 0 bridgehead atoms. The SMILES string of the molecule is CCCCCCCCCCCCSC(=S)C(C)C(=O)O. The van der Waals surface area contributed by atoms with Crippen molar-refractivity contribution in [2.45, 2.75) is 78.1 Å². The first-order valence-corrected chi connectivity index (χ1v) is 9.38. The van der Waals surface area contributed by atoms with Gasteiger partial charge in [0.25, 0.3) is 0 Å². The lowest BCUT2D eigenvalue weighted by Gasteiger charge is -2.07. The van der Waals surface area contributed by atoms with Gasteiger partial charge in [-0.15, -0.1) is 11.8 Å². The molecule has 0 saturated heterocycles. The molecule has 1 N–H and O–H groups in total. The lowest BCUT2D eigenvalue weighted by molar-refractivity contribution is -0.138. The maximum atomic E-state index is 10.7. The highest BCUT2D eigenvalue weighted by atomic mass is 32.2. The molecule has 0 aliphatic rings. The van der Waals surface area contributed by atoms with E-state index in [1.165, 1.54) is 57.8 Å². The van der Waals surface area contributed by atoms with Crippen molar-refractivity contribution in [2.24, 2.45) is 5.92 Å². The molecule has 0 aliphatic heterocycles. The molecule has 0 fully saturated rings. The lowest BCUT2D eigenvalue weighted by Crippen LogP contribution is -2.16. The predicted octanol–water partition coefficient (Wildman–Crippen LogP) is 5.69. The zero-order valence-electron chi connectivity index (χ0n) is 13.0. The Morgan fingerprint density at radius 1 is 1.00 bits per heavy atom. The molecule has 0 aromatic rings. The summed E-state index contributed by atoms with van der Waals surface area (Å²) < 4.78 is 0.619. The molecule has 20 heavy (non-hydrogen) atoms. The third kappa shape index (κ3) is 11.7. The Kier molecular flexibility index (Phi) is 13.8. The van der Waals surface area contributed by atoms with E-state index in [4.69, 9.17) is 17.3 Å². The average molecular weight is 319 g/mol. The molecule has 1 unspecified atom stereocenters. The molecule has 0 heterocycles. The van der Waals surface area contributed by atoms with E-state index >= 15 is 0 Å². The van der Waals surface area contributed by atoms with E-state index in [9.17, 15) is 4.79 Å². The van der Waals surface area contributed by atoms with Crippen molar-refractivity contribution in [3.8, 4) is 0 Å². The van der Waals surface area contributed by atoms with E-state index in [0.29, 0.717) is 4.20 Å². The van der Waals surface area contributed by atoms with E-state index in [2.05, 4.69) is 6.92 Å². The van der Waals surface area contributed by atoms with Crippen LogP contribution in [0.1, 0.15) is 78.1 Å². The van der Waals surface area contributed by atoms with Gasteiger partial charge in [0.05, 0.1) is 10.1 Å². The van der Waals surface area contributed by atoms with E-state index in [0.717, 1.165) is 12.2 Å². The van der Waals surface area contributed by atoms with Crippen LogP contribution in [0.15, 0.2) is 0 Å². The highest BCUT2D eigenvalue weighted by molar-refractivity contribution is 8.23. The maximum Gasteiger partial charge on any atom is 0.312 e. The summed E-state index contributed by atoms with van der Waals surface area (Å²) in [5.41, 5.74) is 0. The number of aliphatic carboxylic acids is 1. The standard InChI is InChI=1S/C16H30O2S2/c1-3-4-5-6-7-8-9-10-11-12-13-20-16(19)14(2)15(17)18/h14H,3-13H2,1-2H3,(H,17,18). The first-order chi connectivity index (χ1) is 9.59. The highest BCUT2D eigenvalue weighted by Crippen LogP contribution is 2.17. The number of carbonyl (C=O) groups is 1. The summed E-state index contributed by atoms with van der Waals surface area (Å²) in [4.78, 5) is 10.7. The molecule has 2 nitrogen and oxygen atoms in total. The van der Waals surface area contributed by atoms with E-state index < -0.39 is 11.9 Å². The zero-order valence-corrected chi connectivity index (χ0v) is 14.7. The van der Waals surface area contributed by atoms with Gasteiger partial charge in [-0.05, 0) is 19.1 Å². The fourth-order valence-electron chi connectivity index (χ4n) is 1.99. The smallest absolute Gasteiger partial charge is 0.312 e. The molecule has 0 radical (unpaired) electrons. The Morgan fingerprint density at radius 2 is 1.45 bits per heavy atom. The zero-order chi connectivity index (χ0) is 15.2. The minimum atomic E-state index is -0.814. The summed E-state index contributed by atoms with van der Waals surface area (Å²) in [6.45, 7) is 3.91. The number of rotatable bonds is 13. The van der Waals surface area contributed by atoms with Gasteiger partial charge in [-0.2, -0.15) is 0 Å². The molecule has 0 amide bonds. The van der Waals surface area contributed by atoms with Crippen LogP contribution >= 0.6 is 24.0 Å². The summed E-state index contributed by atoms with van der Waals surface area (Å²) in [6, 6.07) is 0. The predicted molar refractivity (Wildman–Crippen MR) is 93.7 cm³/mol. The summed E-state index contributed by atoms with van der Waals surface area (Å²) >= 11 is 6.65. The average Bonchev–Trinajstić information content (AvgIpc) is 2.43. The molecule has 0 saturated carbocycles. The minimum Gasteiger partial charge on any atom is -0.481 e. The first-order valence-electron chi connectivity index (χ1n) is 7.99. The molecule has 0 aliphatic carbocycles. The van der Waals surface area contributed by atoms with Gasteiger partial charge in [0, 0.05) is 0 Å². The third-order valence-corrected chi connectivity index (χ3v) is 5.30. The Bertz CT molecular complexity index is 267. The van der Waals surface area contributed by atoms with Crippen molar-refractivity contribution < 1.29 is 9.90 Å². The molecule has 4 heteroatoms. The van der Waals surface area contributed by atoms with Gasteiger partial charge in [0.15, 0.2) is 0 Å². The third-order valence-electron chi connectivity index (χ3n) is 3.47. The second-order valence-electron chi connectivity index (χ2n) is 5.41. The second-order valence-corrected chi connectivity index (χ2v) is 7.24.